The van der Waals surface area contributed by atoms with Crippen LogP contribution in [-0.4, -0.2) is 0 Å². The molecule has 0 N–H and O–H groups in total. The number of hydrogen-bond acceptors (Lipinski definition) is 0. The second-order valence-electron chi connectivity index (χ2n) is 8.08. The van der Waals surface area contributed by atoms with Crippen molar-refractivity contribution < 1.29 is 17.6 Å². The molecular weight excluding hydrogens is 424 g/mol. The van der Waals surface area contributed by atoms with Gasteiger partial charge in [0.25, 0.3) is 0 Å². The third-order valence-corrected chi connectivity index (χ3v) is 5.57. The molecule has 0 saturated heterocycles. The summed E-state index contributed by atoms with van der Waals surface area (Å²) in [5, 5.41) is 0. The molecule has 4 rings (SSSR count). The van der Waals surface area contributed by atoms with Gasteiger partial charge >= 0.3 is 6.18 Å². The van der Waals surface area contributed by atoms with E-state index in [2.05, 4.69) is 0 Å². The number of aryl methyl sites for hydroxylation is 2. The van der Waals surface area contributed by atoms with Gasteiger partial charge in [-0.1, -0.05) is 108 Å². The van der Waals surface area contributed by atoms with Crippen LogP contribution in [0.4, 0.5) is 17.6 Å². The van der Waals surface area contributed by atoms with Crippen LogP contribution in [0.5, 0.6) is 0 Å². The van der Waals surface area contributed by atoms with Gasteiger partial charge in [-0.3, -0.25) is 0 Å². The van der Waals surface area contributed by atoms with Gasteiger partial charge in [0.05, 0.1) is 5.56 Å². The predicted molar refractivity (Wildman–Crippen MR) is 127 cm³/mol. The van der Waals surface area contributed by atoms with Crippen LogP contribution in [0.25, 0.3) is 34.4 Å². The topological polar surface area (TPSA) is 0 Å². The van der Waals surface area contributed by atoms with E-state index in [-0.39, 0.29) is 11.1 Å². The number of hydrogen-bond donors (Lipinski definition) is 0. The molecule has 0 bridgehead atoms. The number of halogens is 4. The summed E-state index contributed by atoms with van der Waals surface area (Å²) in [6.07, 6.45) is -1.96. The van der Waals surface area contributed by atoms with Crippen LogP contribution < -0.4 is 0 Å². The van der Waals surface area contributed by atoms with Crippen molar-refractivity contribution in [3.05, 3.63) is 119 Å². The average Bonchev–Trinajstić information content (AvgIpc) is 2.78. The minimum Gasteiger partial charge on any atom is -0.206 e. The maximum Gasteiger partial charge on any atom is 0.419 e. The molecule has 0 aliphatic carbocycles. The summed E-state index contributed by atoms with van der Waals surface area (Å²) < 4.78 is 56.7. The molecule has 0 aliphatic rings. The van der Waals surface area contributed by atoms with Gasteiger partial charge in [-0.2, -0.15) is 13.2 Å². The van der Waals surface area contributed by atoms with Crippen LogP contribution >= 0.6 is 0 Å². The highest BCUT2D eigenvalue weighted by molar-refractivity contribution is 5.76. The van der Waals surface area contributed by atoms with Gasteiger partial charge in [-0.05, 0) is 41.7 Å². The largest absolute Gasteiger partial charge is 0.419 e. The molecule has 4 heteroatoms. The summed E-state index contributed by atoms with van der Waals surface area (Å²) in [6, 6.07) is 24.9. The summed E-state index contributed by atoms with van der Waals surface area (Å²) in [5.74, 6) is -1.27. The highest BCUT2D eigenvalue weighted by Gasteiger charge is 2.37. The Kier molecular flexibility index (Phi) is 6.19. The zero-order valence-corrected chi connectivity index (χ0v) is 18.2. The maximum absolute atomic E-state index is 15.2. The Balaban J connectivity index is 1.71. The van der Waals surface area contributed by atoms with Gasteiger partial charge in [0.1, 0.15) is 5.82 Å². The van der Waals surface area contributed by atoms with Crippen molar-refractivity contribution >= 4 is 12.2 Å². The predicted octanol–water partition coefficient (Wildman–Crippen LogP) is 8.97. The zero-order valence-electron chi connectivity index (χ0n) is 18.2. The first-order chi connectivity index (χ1) is 15.7. The lowest BCUT2D eigenvalue weighted by Gasteiger charge is -2.15. The van der Waals surface area contributed by atoms with Crippen LogP contribution in [-0.2, 0) is 6.18 Å². The first kappa shape index (κ1) is 22.5. The molecular formula is C29H22F4. The van der Waals surface area contributed by atoms with Gasteiger partial charge in [-0.15, -0.1) is 0 Å². The SMILES string of the molecule is Cc1ccc(/C=C/c2ccc(-c3ccc(-c4ccc(C)cc4)cc3)c(F)c2C(F)(F)F)cc1. The molecule has 0 aromatic heterocycles. The second-order valence-corrected chi connectivity index (χ2v) is 8.08. The first-order valence-electron chi connectivity index (χ1n) is 10.5. The molecule has 0 radical (unpaired) electrons. The highest BCUT2D eigenvalue weighted by Crippen LogP contribution is 2.39. The molecule has 0 unspecified atom stereocenters. The third kappa shape index (κ3) is 5.06. The van der Waals surface area contributed by atoms with E-state index in [1.807, 2.05) is 50.2 Å². The Morgan fingerprint density at radius 2 is 1.06 bits per heavy atom. The fourth-order valence-corrected chi connectivity index (χ4v) is 3.69. The molecule has 0 spiro atoms. The van der Waals surface area contributed by atoms with Crippen molar-refractivity contribution in [1.29, 1.82) is 0 Å². The molecule has 0 nitrogen and oxygen atoms in total. The molecule has 4 aromatic carbocycles. The van der Waals surface area contributed by atoms with E-state index in [1.165, 1.54) is 18.2 Å². The van der Waals surface area contributed by atoms with E-state index >= 15 is 4.39 Å². The van der Waals surface area contributed by atoms with Gasteiger partial charge < -0.3 is 0 Å². The van der Waals surface area contributed by atoms with Crippen molar-refractivity contribution in [3.63, 3.8) is 0 Å². The van der Waals surface area contributed by atoms with Gasteiger partial charge in [0.15, 0.2) is 0 Å². The Hall–Kier alpha value is -3.66. The summed E-state index contributed by atoms with van der Waals surface area (Å²) in [7, 11) is 0. The normalized spacial score (nSPS) is 11.8. The average molecular weight is 446 g/mol. The lowest BCUT2D eigenvalue weighted by atomic mass is 9.95. The Morgan fingerprint density at radius 1 is 0.576 bits per heavy atom. The van der Waals surface area contributed by atoms with E-state index in [1.54, 1.807) is 42.5 Å². The summed E-state index contributed by atoms with van der Waals surface area (Å²) in [5.41, 5.74) is 3.67. The minimum atomic E-state index is -4.82. The number of alkyl halides is 3. The number of rotatable bonds is 4. The summed E-state index contributed by atoms with van der Waals surface area (Å²) >= 11 is 0. The highest BCUT2D eigenvalue weighted by atomic mass is 19.4. The van der Waals surface area contributed by atoms with E-state index in [0.29, 0.717) is 5.56 Å². The molecule has 4 aromatic rings. The van der Waals surface area contributed by atoms with Gasteiger partial charge in [-0.25, -0.2) is 4.39 Å². The van der Waals surface area contributed by atoms with Gasteiger partial charge in [0, 0.05) is 5.56 Å². The van der Waals surface area contributed by atoms with Crippen molar-refractivity contribution in [2.75, 3.05) is 0 Å². The zero-order chi connectivity index (χ0) is 23.6. The van der Waals surface area contributed by atoms with Crippen molar-refractivity contribution in [3.8, 4) is 22.3 Å². The molecule has 0 amide bonds. The lowest BCUT2D eigenvalue weighted by Crippen LogP contribution is -2.11. The Labute approximate surface area is 190 Å². The van der Waals surface area contributed by atoms with Crippen LogP contribution in [0.2, 0.25) is 0 Å². The van der Waals surface area contributed by atoms with E-state index in [0.717, 1.165) is 27.8 Å². The standard InChI is InChI=1S/C29H22F4/c1-19-3-7-21(8-4-19)9-12-25-17-18-26(28(30)27(25)29(31,32)33)24-15-13-23(14-16-24)22-10-5-20(2)6-11-22/h3-18H,1-2H3/b12-9+. The molecule has 0 heterocycles. The van der Waals surface area contributed by atoms with Crippen LogP contribution in [0, 0.1) is 19.7 Å². The molecule has 0 atom stereocenters. The quantitative estimate of drug-likeness (QED) is 0.217. The van der Waals surface area contributed by atoms with Crippen molar-refractivity contribution in [2.24, 2.45) is 0 Å². The minimum absolute atomic E-state index is 0.0785. The second kappa shape index (κ2) is 9.07. The Bertz CT molecular complexity index is 1280. The van der Waals surface area contributed by atoms with Crippen LogP contribution in [0.1, 0.15) is 27.8 Å². The van der Waals surface area contributed by atoms with E-state index in [9.17, 15) is 13.2 Å². The van der Waals surface area contributed by atoms with Crippen LogP contribution in [0.15, 0.2) is 84.9 Å². The number of benzene rings is 4. The third-order valence-electron chi connectivity index (χ3n) is 5.57. The fourth-order valence-electron chi connectivity index (χ4n) is 3.69. The molecule has 166 valence electrons. The molecule has 0 aliphatic heterocycles. The smallest absolute Gasteiger partial charge is 0.206 e. The van der Waals surface area contributed by atoms with Crippen LogP contribution in [0.3, 0.4) is 0 Å². The first-order valence-corrected chi connectivity index (χ1v) is 10.5. The molecule has 33 heavy (non-hydrogen) atoms. The molecule has 0 fully saturated rings. The summed E-state index contributed by atoms with van der Waals surface area (Å²) in [4.78, 5) is 0. The van der Waals surface area contributed by atoms with E-state index < -0.39 is 17.6 Å². The summed E-state index contributed by atoms with van der Waals surface area (Å²) in [6.45, 7) is 3.92. The lowest BCUT2D eigenvalue weighted by molar-refractivity contribution is -0.140. The van der Waals surface area contributed by atoms with Gasteiger partial charge in [0.2, 0.25) is 0 Å². The maximum atomic E-state index is 15.2. The van der Waals surface area contributed by atoms with Crippen molar-refractivity contribution in [2.45, 2.75) is 20.0 Å². The monoisotopic (exact) mass is 446 g/mol. The fraction of sp³-hybridized carbons (Fsp3) is 0.103. The van der Waals surface area contributed by atoms with E-state index in [4.69, 9.17) is 0 Å². The Morgan fingerprint density at radius 3 is 1.61 bits per heavy atom. The van der Waals surface area contributed by atoms with Crippen molar-refractivity contribution in [1.82, 2.24) is 0 Å². The molecule has 0 saturated carbocycles.